The lowest BCUT2D eigenvalue weighted by Gasteiger charge is -2.46. The second-order valence-corrected chi connectivity index (χ2v) is 6.67. The standard InChI is InChI=1S/C15H28N2O/c1-5-15(12-16-7-1)6-2-8-17(13-15)11-14-3-9-18-10-4-14/h14,16H,1-13H2. The van der Waals surface area contributed by atoms with Crippen molar-refractivity contribution in [2.75, 3.05) is 45.9 Å². The Kier molecular flexibility index (Phi) is 4.22. The van der Waals surface area contributed by atoms with Crippen molar-refractivity contribution in [2.45, 2.75) is 38.5 Å². The zero-order chi connectivity index (χ0) is 12.3. The molecule has 3 aliphatic rings. The normalized spacial score (nSPS) is 36.0. The Morgan fingerprint density at radius 2 is 2.00 bits per heavy atom. The molecule has 1 atom stereocenters. The molecule has 0 aromatic heterocycles. The summed E-state index contributed by atoms with van der Waals surface area (Å²) in [5.74, 6) is 0.894. The van der Waals surface area contributed by atoms with Crippen LogP contribution in [0.3, 0.4) is 0 Å². The maximum absolute atomic E-state index is 5.47. The molecule has 0 aromatic rings. The van der Waals surface area contributed by atoms with Gasteiger partial charge in [-0.3, -0.25) is 0 Å². The lowest BCUT2D eigenvalue weighted by Crippen LogP contribution is -2.52. The summed E-state index contributed by atoms with van der Waals surface area (Å²) in [6.07, 6.45) is 8.24. The maximum Gasteiger partial charge on any atom is 0.0469 e. The van der Waals surface area contributed by atoms with Gasteiger partial charge < -0.3 is 15.0 Å². The van der Waals surface area contributed by atoms with Crippen molar-refractivity contribution in [3.63, 3.8) is 0 Å². The summed E-state index contributed by atoms with van der Waals surface area (Å²) in [6.45, 7) is 8.48. The van der Waals surface area contributed by atoms with Crippen LogP contribution in [0.2, 0.25) is 0 Å². The molecule has 3 aliphatic heterocycles. The van der Waals surface area contributed by atoms with E-state index in [-0.39, 0.29) is 0 Å². The Morgan fingerprint density at radius 3 is 2.78 bits per heavy atom. The van der Waals surface area contributed by atoms with Gasteiger partial charge in [-0.15, -0.1) is 0 Å². The molecular formula is C15H28N2O. The zero-order valence-corrected chi connectivity index (χ0v) is 11.6. The highest BCUT2D eigenvalue weighted by Gasteiger charge is 2.36. The Hall–Kier alpha value is -0.120. The molecule has 1 N–H and O–H groups in total. The average Bonchev–Trinajstić information content (AvgIpc) is 2.41. The molecule has 0 aliphatic carbocycles. The molecule has 1 unspecified atom stereocenters. The fraction of sp³-hybridized carbons (Fsp3) is 1.00. The van der Waals surface area contributed by atoms with Gasteiger partial charge in [0.2, 0.25) is 0 Å². The summed E-state index contributed by atoms with van der Waals surface area (Å²) in [5, 5.41) is 3.62. The molecule has 3 nitrogen and oxygen atoms in total. The molecule has 18 heavy (non-hydrogen) atoms. The van der Waals surface area contributed by atoms with Gasteiger partial charge in [-0.05, 0) is 62.9 Å². The van der Waals surface area contributed by atoms with Crippen LogP contribution in [-0.2, 0) is 4.74 Å². The lowest BCUT2D eigenvalue weighted by atomic mass is 9.74. The Bertz CT molecular complexity index is 252. The second-order valence-electron chi connectivity index (χ2n) is 6.67. The van der Waals surface area contributed by atoms with Crippen molar-refractivity contribution >= 4 is 0 Å². The number of hydrogen-bond acceptors (Lipinski definition) is 3. The van der Waals surface area contributed by atoms with E-state index in [9.17, 15) is 0 Å². The highest BCUT2D eigenvalue weighted by Crippen LogP contribution is 2.36. The first kappa shape index (κ1) is 12.9. The molecule has 0 aromatic carbocycles. The quantitative estimate of drug-likeness (QED) is 0.812. The molecule has 0 amide bonds. The van der Waals surface area contributed by atoms with E-state index >= 15 is 0 Å². The van der Waals surface area contributed by atoms with Crippen LogP contribution >= 0.6 is 0 Å². The predicted octanol–water partition coefficient (Wildman–Crippen LogP) is 1.88. The molecule has 0 bridgehead atoms. The third-order valence-corrected chi connectivity index (χ3v) is 5.16. The van der Waals surface area contributed by atoms with E-state index < -0.39 is 0 Å². The van der Waals surface area contributed by atoms with E-state index in [1.165, 1.54) is 71.2 Å². The number of piperidine rings is 2. The number of rotatable bonds is 2. The summed E-state index contributed by atoms with van der Waals surface area (Å²) in [4.78, 5) is 2.76. The molecule has 1 spiro atoms. The number of hydrogen-bond donors (Lipinski definition) is 1. The van der Waals surface area contributed by atoms with Crippen molar-refractivity contribution < 1.29 is 4.74 Å². The minimum Gasteiger partial charge on any atom is -0.381 e. The van der Waals surface area contributed by atoms with Crippen molar-refractivity contribution in [2.24, 2.45) is 11.3 Å². The summed E-state index contributed by atoms with van der Waals surface area (Å²) in [5.41, 5.74) is 0.613. The molecule has 3 heteroatoms. The molecule has 3 rings (SSSR count). The fourth-order valence-corrected chi connectivity index (χ4v) is 4.14. The summed E-state index contributed by atoms with van der Waals surface area (Å²) in [7, 11) is 0. The van der Waals surface area contributed by atoms with Crippen LogP contribution < -0.4 is 5.32 Å². The molecule has 3 fully saturated rings. The summed E-state index contributed by atoms with van der Waals surface area (Å²) in [6, 6.07) is 0. The van der Waals surface area contributed by atoms with Gasteiger partial charge in [-0.2, -0.15) is 0 Å². The molecule has 104 valence electrons. The number of ether oxygens (including phenoxy) is 1. The van der Waals surface area contributed by atoms with Gasteiger partial charge in [-0.25, -0.2) is 0 Å². The van der Waals surface area contributed by atoms with Gasteiger partial charge in [0, 0.05) is 32.8 Å². The Labute approximate surface area is 111 Å². The molecule has 0 radical (unpaired) electrons. The zero-order valence-electron chi connectivity index (χ0n) is 11.6. The van der Waals surface area contributed by atoms with Crippen molar-refractivity contribution in [3.8, 4) is 0 Å². The molecule has 3 saturated heterocycles. The SMILES string of the molecule is C1CNCC2(C1)CCCN(CC1CCOCC1)C2. The van der Waals surface area contributed by atoms with Gasteiger partial charge in [-0.1, -0.05) is 0 Å². The third-order valence-electron chi connectivity index (χ3n) is 5.16. The van der Waals surface area contributed by atoms with Gasteiger partial charge in [0.05, 0.1) is 0 Å². The minimum atomic E-state index is 0.613. The number of nitrogens with zero attached hydrogens (tertiary/aromatic N) is 1. The molecule has 0 saturated carbocycles. The number of nitrogens with one attached hydrogen (secondary N) is 1. The van der Waals surface area contributed by atoms with Crippen molar-refractivity contribution in [1.29, 1.82) is 0 Å². The highest BCUT2D eigenvalue weighted by molar-refractivity contribution is 4.91. The first-order valence-electron chi connectivity index (χ1n) is 7.87. The van der Waals surface area contributed by atoms with E-state index in [0.717, 1.165) is 19.1 Å². The van der Waals surface area contributed by atoms with Gasteiger partial charge >= 0.3 is 0 Å². The van der Waals surface area contributed by atoms with Crippen molar-refractivity contribution in [1.82, 2.24) is 10.2 Å². The lowest BCUT2D eigenvalue weighted by molar-refractivity contribution is 0.0221. The van der Waals surface area contributed by atoms with Crippen LogP contribution in [0.4, 0.5) is 0 Å². The predicted molar refractivity (Wildman–Crippen MR) is 73.8 cm³/mol. The third kappa shape index (κ3) is 3.06. The Morgan fingerprint density at radius 1 is 1.17 bits per heavy atom. The van der Waals surface area contributed by atoms with Crippen LogP contribution in [0, 0.1) is 11.3 Å². The smallest absolute Gasteiger partial charge is 0.0469 e. The first-order valence-corrected chi connectivity index (χ1v) is 7.87. The maximum atomic E-state index is 5.47. The van der Waals surface area contributed by atoms with Gasteiger partial charge in [0.25, 0.3) is 0 Å². The van der Waals surface area contributed by atoms with Crippen molar-refractivity contribution in [3.05, 3.63) is 0 Å². The van der Waals surface area contributed by atoms with Crippen LogP contribution in [0.1, 0.15) is 38.5 Å². The van der Waals surface area contributed by atoms with Crippen LogP contribution in [0.5, 0.6) is 0 Å². The molecule has 3 heterocycles. The summed E-state index contributed by atoms with van der Waals surface area (Å²) < 4.78 is 5.47. The monoisotopic (exact) mass is 252 g/mol. The van der Waals surface area contributed by atoms with Crippen LogP contribution in [-0.4, -0.2) is 50.8 Å². The second kappa shape index (κ2) is 5.89. The largest absolute Gasteiger partial charge is 0.381 e. The molecular weight excluding hydrogens is 224 g/mol. The van der Waals surface area contributed by atoms with Crippen LogP contribution in [0.25, 0.3) is 0 Å². The van der Waals surface area contributed by atoms with E-state index in [0.29, 0.717) is 5.41 Å². The Balaban J connectivity index is 1.52. The van der Waals surface area contributed by atoms with E-state index in [4.69, 9.17) is 4.74 Å². The van der Waals surface area contributed by atoms with Crippen LogP contribution in [0.15, 0.2) is 0 Å². The average molecular weight is 252 g/mol. The van der Waals surface area contributed by atoms with E-state index in [2.05, 4.69) is 10.2 Å². The summed E-state index contributed by atoms with van der Waals surface area (Å²) >= 11 is 0. The minimum absolute atomic E-state index is 0.613. The van der Waals surface area contributed by atoms with E-state index in [1.54, 1.807) is 0 Å². The topological polar surface area (TPSA) is 24.5 Å². The van der Waals surface area contributed by atoms with Gasteiger partial charge in [0.15, 0.2) is 0 Å². The van der Waals surface area contributed by atoms with Gasteiger partial charge in [0.1, 0.15) is 0 Å². The highest BCUT2D eigenvalue weighted by atomic mass is 16.5. The van der Waals surface area contributed by atoms with E-state index in [1.807, 2.05) is 0 Å². The first-order chi connectivity index (χ1) is 8.86. The fourth-order valence-electron chi connectivity index (χ4n) is 4.14. The number of likely N-dealkylation sites (tertiary alicyclic amines) is 1.